The van der Waals surface area contributed by atoms with Crippen LogP contribution in [0.15, 0.2) is 24.3 Å². The minimum absolute atomic E-state index is 0.148. The lowest BCUT2D eigenvalue weighted by atomic mass is 10.2. The van der Waals surface area contributed by atoms with Crippen LogP contribution < -0.4 is 5.32 Å². The summed E-state index contributed by atoms with van der Waals surface area (Å²) in [6, 6.07) is 6.77. The second kappa shape index (κ2) is 5.43. The van der Waals surface area contributed by atoms with E-state index in [2.05, 4.69) is 15.5 Å². The average Bonchev–Trinajstić information content (AvgIpc) is 2.37. The molecule has 1 N–H and O–H groups in total. The highest BCUT2D eigenvalue weighted by molar-refractivity contribution is 5.95. The maximum Gasteiger partial charge on any atom is 0.358 e. The zero-order chi connectivity index (χ0) is 13.8. The van der Waals surface area contributed by atoms with Crippen molar-refractivity contribution < 1.29 is 14.3 Å². The first-order valence-corrected chi connectivity index (χ1v) is 5.82. The van der Waals surface area contributed by atoms with Gasteiger partial charge in [0.15, 0.2) is 5.69 Å². The summed E-state index contributed by atoms with van der Waals surface area (Å²) in [7, 11) is 0. The van der Waals surface area contributed by atoms with Crippen LogP contribution in [0.4, 0.5) is 5.69 Å². The van der Waals surface area contributed by atoms with Gasteiger partial charge in [0.1, 0.15) is 0 Å². The number of amides is 1. The normalized spacial score (nSPS) is 10.2. The Balaban J connectivity index is 2.39. The van der Waals surface area contributed by atoms with E-state index >= 15 is 0 Å². The van der Waals surface area contributed by atoms with Crippen molar-refractivity contribution in [1.82, 2.24) is 10.2 Å². The zero-order valence-electron chi connectivity index (χ0n) is 10.6. The van der Waals surface area contributed by atoms with E-state index in [1.807, 2.05) is 0 Å². The molecule has 0 aliphatic rings. The number of nitrogens with one attached hydrogen (secondary N) is 1. The first kappa shape index (κ1) is 12.9. The molecular formula is C13H13N3O3. The van der Waals surface area contributed by atoms with Crippen molar-refractivity contribution in [1.29, 1.82) is 0 Å². The fraction of sp³-hybridized carbons (Fsp3) is 0.231. The van der Waals surface area contributed by atoms with E-state index in [9.17, 15) is 9.59 Å². The monoisotopic (exact) mass is 259 g/mol. The molecule has 0 bridgehead atoms. The summed E-state index contributed by atoms with van der Waals surface area (Å²) in [5.74, 6) is -0.672. The molecule has 6 heteroatoms. The van der Waals surface area contributed by atoms with Crippen LogP contribution in [-0.4, -0.2) is 28.7 Å². The first-order valence-electron chi connectivity index (χ1n) is 5.82. The lowest BCUT2D eigenvalue weighted by Crippen LogP contribution is -2.08. The van der Waals surface area contributed by atoms with Crippen LogP contribution in [0.5, 0.6) is 0 Å². The quantitative estimate of drug-likeness (QED) is 0.849. The molecule has 98 valence electrons. The van der Waals surface area contributed by atoms with Gasteiger partial charge in [-0.25, -0.2) is 4.79 Å². The second-order valence-electron chi connectivity index (χ2n) is 3.90. The number of fused-ring (bicyclic) bond motifs is 1. The minimum Gasteiger partial charge on any atom is -0.461 e. The van der Waals surface area contributed by atoms with E-state index in [1.54, 1.807) is 31.2 Å². The van der Waals surface area contributed by atoms with Crippen LogP contribution in [0.1, 0.15) is 24.3 Å². The third kappa shape index (κ3) is 3.04. The molecule has 2 rings (SSSR count). The molecule has 1 heterocycles. The number of aromatic nitrogens is 2. The lowest BCUT2D eigenvalue weighted by Gasteiger charge is -2.05. The molecule has 0 atom stereocenters. The third-order valence-electron chi connectivity index (χ3n) is 2.39. The molecule has 2 aromatic rings. The number of carbonyl (C=O) groups is 2. The molecule has 0 saturated heterocycles. The van der Waals surface area contributed by atoms with Gasteiger partial charge in [-0.3, -0.25) is 4.79 Å². The summed E-state index contributed by atoms with van der Waals surface area (Å²) < 4.78 is 4.86. The van der Waals surface area contributed by atoms with E-state index in [0.29, 0.717) is 16.6 Å². The van der Waals surface area contributed by atoms with Crippen molar-refractivity contribution in [3.63, 3.8) is 0 Å². The van der Waals surface area contributed by atoms with Gasteiger partial charge in [0, 0.05) is 18.0 Å². The van der Waals surface area contributed by atoms with Crippen molar-refractivity contribution in [3.05, 3.63) is 30.0 Å². The van der Waals surface area contributed by atoms with E-state index in [4.69, 9.17) is 4.74 Å². The predicted molar refractivity (Wildman–Crippen MR) is 69.8 cm³/mol. The van der Waals surface area contributed by atoms with Crippen LogP contribution in [0.2, 0.25) is 0 Å². The molecule has 1 aromatic heterocycles. The van der Waals surface area contributed by atoms with E-state index in [1.165, 1.54) is 6.92 Å². The standard InChI is InChI=1S/C13H13N3O3/c1-3-19-13(18)12-7-9-6-10(14-8(2)17)4-5-11(9)15-16-12/h4-7H,3H2,1-2H3,(H,14,17). The molecule has 1 amide bonds. The number of nitrogens with zero attached hydrogens (tertiary/aromatic N) is 2. The van der Waals surface area contributed by atoms with E-state index < -0.39 is 5.97 Å². The highest BCUT2D eigenvalue weighted by Gasteiger charge is 2.10. The summed E-state index contributed by atoms with van der Waals surface area (Å²) in [6.07, 6.45) is 0. The Hall–Kier alpha value is -2.50. The average molecular weight is 259 g/mol. The summed E-state index contributed by atoms with van der Waals surface area (Å²) in [5, 5.41) is 11.1. The van der Waals surface area contributed by atoms with Gasteiger partial charge in [0.25, 0.3) is 0 Å². The van der Waals surface area contributed by atoms with Gasteiger partial charge in [-0.2, -0.15) is 0 Å². The molecule has 0 fully saturated rings. The van der Waals surface area contributed by atoms with Crippen molar-refractivity contribution in [2.75, 3.05) is 11.9 Å². The molecule has 6 nitrogen and oxygen atoms in total. The summed E-state index contributed by atoms with van der Waals surface area (Å²) in [6.45, 7) is 3.44. The van der Waals surface area contributed by atoms with Gasteiger partial charge in [-0.1, -0.05) is 0 Å². The maximum atomic E-state index is 11.6. The van der Waals surface area contributed by atoms with Crippen molar-refractivity contribution in [3.8, 4) is 0 Å². The van der Waals surface area contributed by atoms with Crippen molar-refractivity contribution in [2.45, 2.75) is 13.8 Å². The maximum absolute atomic E-state index is 11.6. The van der Waals surface area contributed by atoms with E-state index in [0.717, 1.165) is 0 Å². The summed E-state index contributed by atoms with van der Waals surface area (Å²) in [5.41, 5.74) is 1.43. The Morgan fingerprint density at radius 2 is 2.05 bits per heavy atom. The molecule has 1 aromatic carbocycles. The minimum atomic E-state index is -0.512. The van der Waals surface area contributed by atoms with Crippen LogP contribution in [0.25, 0.3) is 10.9 Å². The first-order chi connectivity index (χ1) is 9.10. The Morgan fingerprint density at radius 1 is 1.26 bits per heavy atom. The largest absolute Gasteiger partial charge is 0.461 e. The Labute approximate surface area is 109 Å². The number of esters is 1. The van der Waals surface area contributed by atoms with E-state index in [-0.39, 0.29) is 18.2 Å². The SMILES string of the molecule is CCOC(=O)c1cc2cc(NC(C)=O)ccc2nn1. The highest BCUT2D eigenvalue weighted by atomic mass is 16.5. The zero-order valence-corrected chi connectivity index (χ0v) is 10.6. The van der Waals surface area contributed by atoms with Crippen LogP contribution >= 0.6 is 0 Å². The summed E-state index contributed by atoms with van der Waals surface area (Å²) in [4.78, 5) is 22.6. The number of carbonyl (C=O) groups excluding carboxylic acids is 2. The second-order valence-corrected chi connectivity index (χ2v) is 3.90. The molecule has 0 radical (unpaired) electrons. The fourth-order valence-corrected chi connectivity index (χ4v) is 1.63. The topological polar surface area (TPSA) is 81.2 Å². The molecule has 19 heavy (non-hydrogen) atoms. The molecule has 0 unspecified atom stereocenters. The van der Waals surface area contributed by atoms with Crippen molar-refractivity contribution in [2.24, 2.45) is 0 Å². The molecule has 0 saturated carbocycles. The summed E-state index contributed by atoms with van der Waals surface area (Å²) >= 11 is 0. The number of ether oxygens (including phenoxy) is 1. The molecule has 0 aliphatic heterocycles. The number of benzene rings is 1. The van der Waals surface area contributed by atoms with Gasteiger partial charge in [0.2, 0.25) is 5.91 Å². The molecule has 0 spiro atoms. The predicted octanol–water partition coefficient (Wildman–Crippen LogP) is 1.76. The molecule has 0 aliphatic carbocycles. The van der Waals surface area contributed by atoms with Gasteiger partial charge in [-0.15, -0.1) is 10.2 Å². The van der Waals surface area contributed by atoms with Crippen LogP contribution in [0.3, 0.4) is 0 Å². The van der Waals surface area contributed by atoms with Gasteiger partial charge < -0.3 is 10.1 Å². The third-order valence-corrected chi connectivity index (χ3v) is 2.39. The Morgan fingerprint density at radius 3 is 2.74 bits per heavy atom. The van der Waals surface area contributed by atoms with Gasteiger partial charge in [0.05, 0.1) is 12.1 Å². The number of hydrogen-bond donors (Lipinski definition) is 1. The van der Waals surface area contributed by atoms with Gasteiger partial charge >= 0.3 is 5.97 Å². The van der Waals surface area contributed by atoms with Crippen molar-refractivity contribution >= 4 is 28.5 Å². The number of anilines is 1. The Kier molecular flexibility index (Phi) is 3.70. The fourth-order valence-electron chi connectivity index (χ4n) is 1.63. The Bertz CT molecular complexity index is 640. The number of hydrogen-bond acceptors (Lipinski definition) is 5. The van der Waals surface area contributed by atoms with Crippen LogP contribution in [0, 0.1) is 0 Å². The number of rotatable bonds is 3. The van der Waals surface area contributed by atoms with Crippen LogP contribution in [-0.2, 0) is 9.53 Å². The highest BCUT2D eigenvalue weighted by Crippen LogP contribution is 2.18. The molecular weight excluding hydrogens is 246 g/mol. The lowest BCUT2D eigenvalue weighted by molar-refractivity contribution is -0.114. The smallest absolute Gasteiger partial charge is 0.358 e. The van der Waals surface area contributed by atoms with Gasteiger partial charge in [-0.05, 0) is 31.2 Å².